The number of ether oxygens (including phenoxy) is 5. The highest BCUT2D eigenvalue weighted by Gasteiger charge is 2.15. The van der Waals surface area contributed by atoms with Gasteiger partial charge in [0.15, 0.2) is 0 Å². The first-order chi connectivity index (χ1) is 29.0. The van der Waals surface area contributed by atoms with Crippen LogP contribution in [-0.2, 0) is 23.7 Å². The molecule has 0 spiro atoms. The molecule has 0 amide bonds. The minimum absolute atomic E-state index is 0.0125. The Morgan fingerprint density at radius 3 is 1.07 bits per heavy atom. The molecule has 9 nitrogen and oxygen atoms in total. The molecule has 0 unspecified atom stereocenters. The van der Waals surface area contributed by atoms with Gasteiger partial charge in [0.05, 0.1) is 46.2 Å². The third kappa shape index (κ3) is 42.9. The molecule has 0 heterocycles. The van der Waals surface area contributed by atoms with Gasteiger partial charge in [-0.05, 0) is 76.3 Å². The predicted molar refractivity (Wildman–Crippen MR) is 246 cm³/mol. The van der Waals surface area contributed by atoms with Crippen molar-refractivity contribution >= 4 is 12.3 Å². The molecule has 0 bridgehead atoms. The molecule has 352 valence electrons. The summed E-state index contributed by atoms with van der Waals surface area (Å²) in [4.78, 5) is 27.3. The predicted octanol–water partition coefficient (Wildman–Crippen LogP) is 14.4. The maximum Gasteiger partial charge on any atom is 0.508 e. The van der Waals surface area contributed by atoms with E-state index >= 15 is 0 Å². The van der Waals surface area contributed by atoms with Crippen molar-refractivity contribution in [3.8, 4) is 0 Å². The molecule has 0 aliphatic rings. The van der Waals surface area contributed by atoms with E-state index < -0.39 is 12.3 Å². The summed E-state index contributed by atoms with van der Waals surface area (Å²) in [6.07, 6.45) is 37.5. The van der Waals surface area contributed by atoms with Crippen molar-refractivity contribution in [1.29, 1.82) is 0 Å². The molecule has 0 aromatic heterocycles. The van der Waals surface area contributed by atoms with E-state index in [1.807, 2.05) is 0 Å². The van der Waals surface area contributed by atoms with Crippen LogP contribution in [0.4, 0.5) is 9.59 Å². The Labute approximate surface area is 365 Å². The van der Waals surface area contributed by atoms with E-state index in [2.05, 4.69) is 32.6 Å². The molecule has 0 fully saturated rings. The quantitative estimate of drug-likeness (QED) is 0.0474. The summed E-state index contributed by atoms with van der Waals surface area (Å²) in [5.41, 5.74) is 0. The average molecular weight is 842 g/mol. The molecule has 0 aromatic rings. The van der Waals surface area contributed by atoms with Crippen molar-refractivity contribution in [1.82, 2.24) is 4.90 Å². The van der Waals surface area contributed by atoms with Crippen molar-refractivity contribution in [2.24, 2.45) is 11.8 Å². The number of carbonyl (C=O) groups excluding carboxylic acids is 2. The zero-order valence-electron chi connectivity index (χ0n) is 39.6. The molecule has 0 aliphatic carbocycles. The molecular formula is C50H99NO8. The number of hydrogen-bond acceptors (Lipinski definition) is 9. The highest BCUT2D eigenvalue weighted by atomic mass is 16.7. The van der Waals surface area contributed by atoms with Crippen LogP contribution in [0.15, 0.2) is 0 Å². The molecule has 0 radical (unpaired) electrons. The Bertz CT molecular complexity index is 767. The standard InChI is InChI=1S/C50H99NO8/c1-5-9-13-17-21-25-33-47(34-26-22-18-14-10-6-2)45-58-49(53)56-41-31-29-37-51(39-43-55-44-40-52)38-30-32-42-57-50(54)59-46-48(35-27-23-19-15-11-7-3)36-28-24-20-16-12-8-4/h47-48,52H,5-46H2,1-4H3. The first-order valence-electron chi connectivity index (χ1n) is 25.5. The number of unbranched alkanes of at least 4 members (excludes halogenated alkanes) is 22. The summed E-state index contributed by atoms with van der Waals surface area (Å²) in [7, 11) is 0. The maximum atomic E-state index is 12.5. The van der Waals surface area contributed by atoms with Crippen molar-refractivity contribution in [3.05, 3.63) is 0 Å². The summed E-state index contributed by atoms with van der Waals surface area (Å²) < 4.78 is 27.8. The third-order valence-electron chi connectivity index (χ3n) is 11.7. The second-order valence-corrected chi connectivity index (χ2v) is 17.4. The van der Waals surface area contributed by atoms with Crippen LogP contribution in [0.3, 0.4) is 0 Å². The summed E-state index contributed by atoms with van der Waals surface area (Å²) in [6, 6.07) is 0. The molecule has 0 saturated heterocycles. The topological polar surface area (TPSA) is 104 Å². The molecule has 0 aromatic carbocycles. The van der Waals surface area contributed by atoms with Gasteiger partial charge in [0.1, 0.15) is 0 Å². The summed E-state index contributed by atoms with van der Waals surface area (Å²) in [6.45, 7) is 14.0. The van der Waals surface area contributed by atoms with Gasteiger partial charge in [-0.25, -0.2) is 9.59 Å². The van der Waals surface area contributed by atoms with Crippen LogP contribution in [0.5, 0.6) is 0 Å². The molecular weight excluding hydrogens is 743 g/mol. The van der Waals surface area contributed by atoms with Crippen LogP contribution in [0, 0.1) is 11.8 Å². The number of aliphatic hydroxyl groups excluding tert-OH is 1. The van der Waals surface area contributed by atoms with Gasteiger partial charge in [-0.15, -0.1) is 0 Å². The summed E-state index contributed by atoms with van der Waals surface area (Å²) in [5, 5.41) is 9.11. The number of carbonyl (C=O) groups is 2. The lowest BCUT2D eigenvalue weighted by molar-refractivity contribution is 0.0393. The Balaban J connectivity index is 4.53. The van der Waals surface area contributed by atoms with Gasteiger partial charge < -0.3 is 33.7 Å². The zero-order chi connectivity index (χ0) is 43.1. The Morgan fingerprint density at radius 2 is 0.729 bits per heavy atom. The second-order valence-electron chi connectivity index (χ2n) is 17.4. The number of aliphatic hydroxyl groups is 1. The van der Waals surface area contributed by atoms with Gasteiger partial charge in [-0.1, -0.05) is 182 Å². The molecule has 9 heteroatoms. The number of hydrogen-bond donors (Lipinski definition) is 1. The summed E-state index contributed by atoms with van der Waals surface area (Å²) in [5.74, 6) is 0.841. The maximum absolute atomic E-state index is 12.5. The van der Waals surface area contributed by atoms with Crippen molar-refractivity contribution < 1.29 is 38.4 Å². The van der Waals surface area contributed by atoms with E-state index in [0.717, 1.165) is 71.0 Å². The highest BCUT2D eigenvalue weighted by Crippen LogP contribution is 2.22. The van der Waals surface area contributed by atoms with E-state index in [1.54, 1.807) is 0 Å². The SMILES string of the molecule is CCCCCCCCC(CCCCCCCC)COC(=O)OCCCCN(CCCCOC(=O)OCC(CCCCCCCC)CCCCCCCC)CCOCCO. The van der Waals surface area contributed by atoms with Crippen molar-refractivity contribution in [2.75, 3.05) is 65.9 Å². The number of nitrogens with zero attached hydrogens (tertiary/aromatic N) is 1. The van der Waals surface area contributed by atoms with E-state index in [-0.39, 0.29) is 6.61 Å². The molecule has 0 saturated carbocycles. The molecule has 1 N–H and O–H groups in total. The lowest BCUT2D eigenvalue weighted by Crippen LogP contribution is -2.30. The highest BCUT2D eigenvalue weighted by molar-refractivity contribution is 5.60. The van der Waals surface area contributed by atoms with Crippen LogP contribution < -0.4 is 0 Å². The monoisotopic (exact) mass is 842 g/mol. The van der Waals surface area contributed by atoms with E-state index in [0.29, 0.717) is 51.5 Å². The largest absolute Gasteiger partial charge is 0.508 e. The third-order valence-corrected chi connectivity index (χ3v) is 11.7. The minimum atomic E-state index is -0.542. The van der Waals surface area contributed by atoms with Crippen molar-refractivity contribution in [3.63, 3.8) is 0 Å². The molecule has 59 heavy (non-hydrogen) atoms. The van der Waals surface area contributed by atoms with Crippen LogP contribution in [0.1, 0.15) is 233 Å². The van der Waals surface area contributed by atoms with E-state index in [1.165, 1.54) is 154 Å². The molecule has 0 atom stereocenters. The fraction of sp³-hybridized carbons (Fsp3) is 0.960. The Kier molecular flexibility index (Phi) is 46.2. The number of rotatable bonds is 47. The van der Waals surface area contributed by atoms with Gasteiger partial charge in [-0.2, -0.15) is 0 Å². The fourth-order valence-electron chi connectivity index (χ4n) is 7.81. The Morgan fingerprint density at radius 1 is 0.390 bits per heavy atom. The van der Waals surface area contributed by atoms with Crippen molar-refractivity contribution in [2.45, 2.75) is 233 Å². The average Bonchev–Trinajstić information content (AvgIpc) is 3.24. The molecule has 0 aliphatic heterocycles. The van der Waals surface area contributed by atoms with Gasteiger partial charge >= 0.3 is 12.3 Å². The smallest absolute Gasteiger partial charge is 0.434 e. The zero-order valence-corrected chi connectivity index (χ0v) is 39.6. The van der Waals surface area contributed by atoms with Gasteiger partial charge in [-0.3, -0.25) is 0 Å². The van der Waals surface area contributed by atoms with Crippen LogP contribution >= 0.6 is 0 Å². The lowest BCUT2D eigenvalue weighted by Gasteiger charge is -2.22. The lowest BCUT2D eigenvalue weighted by atomic mass is 9.95. The fourth-order valence-corrected chi connectivity index (χ4v) is 7.81. The first kappa shape index (κ1) is 57.4. The minimum Gasteiger partial charge on any atom is -0.434 e. The van der Waals surface area contributed by atoms with E-state index in [9.17, 15) is 9.59 Å². The summed E-state index contributed by atoms with van der Waals surface area (Å²) >= 11 is 0. The van der Waals surface area contributed by atoms with Crippen LogP contribution in [0.2, 0.25) is 0 Å². The first-order valence-corrected chi connectivity index (χ1v) is 25.5. The van der Waals surface area contributed by atoms with E-state index in [4.69, 9.17) is 28.8 Å². The van der Waals surface area contributed by atoms with Gasteiger partial charge in [0.25, 0.3) is 0 Å². The van der Waals surface area contributed by atoms with Gasteiger partial charge in [0.2, 0.25) is 0 Å². The Hall–Kier alpha value is -1.58. The molecule has 0 rings (SSSR count). The van der Waals surface area contributed by atoms with Gasteiger partial charge in [0, 0.05) is 6.54 Å². The normalized spacial score (nSPS) is 11.6. The van der Waals surface area contributed by atoms with Crippen LogP contribution in [-0.4, -0.2) is 88.2 Å². The van der Waals surface area contributed by atoms with Crippen LogP contribution in [0.25, 0.3) is 0 Å². The second kappa shape index (κ2) is 47.5.